The van der Waals surface area contributed by atoms with Crippen LogP contribution < -0.4 is 16.4 Å². The van der Waals surface area contributed by atoms with Crippen molar-refractivity contribution in [3.63, 3.8) is 0 Å². The van der Waals surface area contributed by atoms with Crippen molar-refractivity contribution in [1.29, 1.82) is 0 Å². The van der Waals surface area contributed by atoms with Crippen LogP contribution >= 0.6 is 0 Å². The first-order valence-electron chi connectivity index (χ1n) is 6.71. The summed E-state index contributed by atoms with van der Waals surface area (Å²) in [5.41, 5.74) is 14.6. The van der Waals surface area contributed by atoms with Gasteiger partial charge in [-0.2, -0.15) is 4.98 Å². The van der Waals surface area contributed by atoms with Crippen LogP contribution in [0.1, 0.15) is 5.56 Å². The topological polar surface area (TPSA) is 81.1 Å². The summed E-state index contributed by atoms with van der Waals surface area (Å²) in [7, 11) is 2.04. The van der Waals surface area contributed by atoms with Gasteiger partial charge in [0, 0.05) is 24.7 Å². The zero-order valence-electron chi connectivity index (χ0n) is 11.8. The number of anilines is 3. The van der Waals surface area contributed by atoms with E-state index in [2.05, 4.69) is 27.0 Å². The molecular weight excluding hydrogens is 262 g/mol. The van der Waals surface area contributed by atoms with Crippen LogP contribution in [0.2, 0.25) is 0 Å². The Hall–Kier alpha value is -2.82. The number of hydrogen-bond donors (Lipinski definition) is 2. The molecule has 1 heterocycles. The first-order chi connectivity index (χ1) is 10.1. The van der Waals surface area contributed by atoms with Gasteiger partial charge in [0.25, 0.3) is 0 Å². The normalized spacial score (nSPS) is 10.7. The molecule has 0 aliphatic heterocycles. The predicted molar refractivity (Wildman–Crippen MR) is 86.9 cm³/mol. The summed E-state index contributed by atoms with van der Waals surface area (Å²) in [4.78, 5) is 10.4. The number of rotatable bonds is 3. The Bertz CT molecular complexity index is 770. The lowest BCUT2D eigenvalue weighted by atomic mass is 10.1. The highest BCUT2D eigenvalue weighted by Crippen LogP contribution is 2.25. The molecule has 0 saturated heterocycles. The molecule has 5 heteroatoms. The molecule has 0 spiro atoms. The van der Waals surface area contributed by atoms with Gasteiger partial charge in [0.1, 0.15) is 5.82 Å². The second kappa shape index (κ2) is 5.28. The first kappa shape index (κ1) is 13.2. The molecule has 2 aromatic carbocycles. The Morgan fingerprint density at radius 2 is 1.76 bits per heavy atom. The lowest BCUT2D eigenvalue weighted by Gasteiger charge is -2.20. The molecule has 0 aliphatic carbocycles. The molecule has 3 rings (SSSR count). The fourth-order valence-electron chi connectivity index (χ4n) is 2.34. The van der Waals surface area contributed by atoms with Crippen LogP contribution in [0.25, 0.3) is 10.9 Å². The third-order valence-electron chi connectivity index (χ3n) is 3.43. The minimum absolute atomic E-state index is 0.199. The maximum atomic E-state index is 5.93. The third kappa shape index (κ3) is 2.72. The molecule has 0 unspecified atom stereocenters. The molecule has 0 atom stereocenters. The average Bonchev–Trinajstić information content (AvgIpc) is 2.47. The standard InChI is InChI=1S/C16H17N5/c1-21(10-11-5-3-2-4-6-11)12-7-8-14-13(9-12)15(17)20-16(18)19-14/h2-9H,10H2,1H3,(H4,17,18,19,20). The van der Waals surface area contributed by atoms with Crippen LogP contribution in [0.15, 0.2) is 48.5 Å². The number of aromatic nitrogens is 2. The van der Waals surface area contributed by atoms with Gasteiger partial charge in [0.2, 0.25) is 5.95 Å². The summed E-state index contributed by atoms with van der Waals surface area (Å²) in [6, 6.07) is 16.2. The smallest absolute Gasteiger partial charge is 0.222 e. The quantitative estimate of drug-likeness (QED) is 0.769. The number of benzene rings is 2. The number of nitrogen functional groups attached to an aromatic ring is 2. The molecule has 0 fully saturated rings. The average molecular weight is 279 g/mol. The van der Waals surface area contributed by atoms with Crippen molar-refractivity contribution < 1.29 is 0 Å². The monoisotopic (exact) mass is 279 g/mol. The minimum atomic E-state index is 0.199. The van der Waals surface area contributed by atoms with E-state index >= 15 is 0 Å². The minimum Gasteiger partial charge on any atom is -0.383 e. The van der Waals surface area contributed by atoms with E-state index in [-0.39, 0.29) is 5.95 Å². The molecule has 106 valence electrons. The summed E-state index contributed by atoms with van der Waals surface area (Å²) in [6.07, 6.45) is 0. The van der Waals surface area contributed by atoms with Crippen LogP contribution in [0.3, 0.4) is 0 Å². The van der Waals surface area contributed by atoms with Gasteiger partial charge >= 0.3 is 0 Å². The van der Waals surface area contributed by atoms with Gasteiger partial charge in [-0.3, -0.25) is 0 Å². The van der Waals surface area contributed by atoms with Crippen molar-refractivity contribution in [3.8, 4) is 0 Å². The predicted octanol–water partition coefficient (Wildman–Crippen LogP) is 2.43. The van der Waals surface area contributed by atoms with Crippen LogP contribution in [0.5, 0.6) is 0 Å². The van der Waals surface area contributed by atoms with Gasteiger partial charge in [-0.05, 0) is 23.8 Å². The molecule has 0 aliphatic rings. The van der Waals surface area contributed by atoms with Crippen molar-refractivity contribution in [2.24, 2.45) is 0 Å². The summed E-state index contributed by atoms with van der Waals surface area (Å²) in [6.45, 7) is 0.822. The Balaban J connectivity index is 1.93. The summed E-state index contributed by atoms with van der Waals surface area (Å²) in [5.74, 6) is 0.609. The maximum absolute atomic E-state index is 5.93. The van der Waals surface area contributed by atoms with E-state index in [0.29, 0.717) is 5.82 Å². The SMILES string of the molecule is CN(Cc1ccccc1)c1ccc2nc(N)nc(N)c2c1. The zero-order chi connectivity index (χ0) is 14.8. The number of nitrogens with two attached hydrogens (primary N) is 2. The molecular formula is C16H17N5. The van der Waals surface area contributed by atoms with Gasteiger partial charge in [0.05, 0.1) is 5.52 Å². The van der Waals surface area contributed by atoms with E-state index in [4.69, 9.17) is 11.5 Å². The second-order valence-corrected chi connectivity index (χ2v) is 5.01. The van der Waals surface area contributed by atoms with Crippen LogP contribution in [0, 0.1) is 0 Å². The lowest BCUT2D eigenvalue weighted by Crippen LogP contribution is -2.16. The lowest BCUT2D eigenvalue weighted by molar-refractivity contribution is 0.924. The fourth-order valence-corrected chi connectivity index (χ4v) is 2.34. The van der Waals surface area contributed by atoms with E-state index < -0.39 is 0 Å². The van der Waals surface area contributed by atoms with E-state index in [1.165, 1.54) is 5.56 Å². The zero-order valence-corrected chi connectivity index (χ0v) is 11.8. The largest absolute Gasteiger partial charge is 0.383 e. The molecule has 1 aromatic heterocycles. The number of fused-ring (bicyclic) bond motifs is 1. The van der Waals surface area contributed by atoms with Crippen LogP contribution in [-0.2, 0) is 6.54 Å². The third-order valence-corrected chi connectivity index (χ3v) is 3.43. The fraction of sp³-hybridized carbons (Fsp3) is 0.125. The number of hydrogen-bond acceptors (Lipinski definition) is 5. The molecule has 0 amide bonds. The Labute approximate surface area is 123 Å². The van der Waals surface area contributed by atoms with E-state index in [0.717, 1.165) is 23.1 Å². The molecule has 5 nitrogen and oxygen atoms in total. The Kier molecular flexibility index (Phi) is 3.31. The van der Waals surface area contributed by atoms with Gasteiger partial charge in [-0.1, -0.05) is 30.3 Å². The van der Waals surface area contributed by atoms with E-state index in [1.54, 1.807) is 0 Å². The Morgan fingerprint density at radius 3 is 2.52 bits per heavy atom. The molecule has 21 heavy (non-hydrogen) atoms. The number of nitrogens with zero attached hydrogens (tertiary/aromatic N) is 3. The second-order valence-electron chi connectivity index (χ2n) is 5.01. The molecule has 3 aromatic rings. The molecule has 4 N–H and O–H groups in total. The van der Waals surface area contributed by atoms with Crippen molar-refractivity contribution in [1.82, 2.24) is 9.97 Å². The van der Waals surface area contributed by atoms with Gasteiger partial charge in [-0.25, -0.2) is 4.98 Å². The molecule has 0 radical (unpaired) electrons. The Morgan fingerprint density at radius 1 is 1.00 bits per heavy atom. The van der Waals surface area contributed by atoms with Crippen molar-refractivity contribution in [2.45, 2.75) is 6.54 Å². The van der Waals surface area contributed by atoms with Crippen LogP contribution in [-0.4, -0.2) is 17.0 Å². The van der Waals surface area contributed by atoms with Crippen LogP contribution in [0.4, 0.5) is 17.5 Å². The van der Waals surface area contributed by atoms with Gasteiger partial charge < -0.3 is 16.4 Å². The molecule has 0 saturated carbocycles. The summed E-state index contributed by atoms with van der Waals surface area (Å²) in [5, 5.41) is 0.821. The van der Waals surface area contributed by atoms with Gasteiger partial charge in [0.15, 0.2) is 0 Å². The highest BCUT2D eigenvalue weighted by Gasteiger charge is 2.07. The van der Waals surface area contributed by atoms with Crippen molar-refractivity contribution >= 4 is 28.4 Å². The van der Waals surface area contributed by atoms with E-state index in [9.17, 15) is 0 Å². The highest BCUT2D eigenvalue weighted by atomic mass is 15.1. The van der Waals surface area contributed by atoms with Crippen molar-refractivity contribution in [2.75, 3.05) is 23.4 Å². The van der Waals surface area contributed by atoms with Crippen molar-refractivity contribution in [3.05, 3.63) is 54.1 Å². The van der Waals surface area contributed by atoms with E-state index in [1.807, 2.05) is 43.4 Å². The van der Waals surface area contributed by atoms with Gasteiger partial charge in [-0.15, -0.1) is 0 Å². The highest BCUT2D eigenvalue weighted by molar-refractivity contribution is 5.91. The molecule has 0 bridgehead atoms. The summed E-state index contributed by atoms with van der Waals surface area (Å²) >= 11 is 0. The summed E-state index contributed by atoms with van der Waals surface area (Å²) < 4.78 is 0. The maximum Gasteiger partial charge on any atom is 0.222 e. The first-order valence-corrected chi connectivity index (χ1v) is 6.71.